The Bertz CT molecular complexity index is 450. The van der Waals surface area contributed by atoms with Gasteiger partial charge in [-0.15, -0.1) is 0 Å². The van der Waals surface area contributed by atoms with E-state index in [0.717, 1.165) is 24.3 Å². The van der Waals surface area contributed by atoms with Crippen molar-refractivity contribution in [3.05, 3.63) is 23.9 Å². The Morgan fingerprint density at radius 3 is 3.15 bits per heavy atom. The van der Waals surface area contributed by atoms with E-state index >= 15 is 0 Å². The van der Waals surface area contributed by atoms with E-state index in [1.165, 1.54) is 44.5 Å². The summed E-state index contributed by atoms with van der Waals surface area (Å²) in [4.78, 5) is 9.31. The predicted octanol–water partition coefficient (Wildman–Crippen LogP) is 1.28. The van der Waals surface area contributed by atoms with Crippen LogP contribution in [0.15, 0.2) is 18.3 Å². The Morgan fingerprint density at radius 1 is 1.40 bits per heavy atom. The standard InChI is InChI=1S/C15H25N5/c1-19-7-2-3-13-11-20(8-5-14(13)19)10-12-4-6-17-15(9-12)18-16/h4,6,9,13-14H,2-3,5,7-8,10-11,16H2,1H3,(H,17,18). The molecule has 3 rings (SSSR count). The molecule has 3 N–H and O–H groups in total. The van der Waals surface area contributed by atoms with E-state index in [1.54, 1.807) is 0 Å². The summed E-state index contributed by atoms with van der Waals surface area (Å²) in [6.07, 6.45) is 5.86. The largest absolute Gasteiger partial charge is 0.308 e. The molecule has 5 heteroatoms. The number of nitrogens with zero attached hydrogens (tertiary/aromatic N) is 3. The number of hydrogen-bond acceptors (Lipinski definition) is 5. The molecule has 0 amide bonds. The van der Waals surface area contributed by atoms with Crippen molar-refractivity contribution in [2.75, 3.05) is 32.1 Å². The van der Waals surface area contributed by atoms with Crippen molar-refractivity contribution in [1.29, 1.82) is 0 Å². The maximum Gasteiger partial charge on any atom is 0.140 e. The van der Waals surface area contributed by atoms with Gasteiger partial charge in [-0.25, -0.2) is 10.8 Å². The minimum Gasteiger partial charge on any atom is -0.308 e. The van der Waals surface area contributed by atoms with Crippen LogP contribution in [0.25, 0.3) is 0 Å². The molecule has 0 aliphatic carbocycles. The quantitative estimate of drug-likeness (QED) is 0.643. The van der Waals surface area contributed by atoms with Crippen molar-refractivity contribution in [3.8, 4) is 0 Å². The lowest BCUT2D eigenvalue weighted by atomic mass is 9.84. The Labute approximate surface area is 121 Å². The number of rotatable bonds is 3. The molecule has 1 aromatic rings. The van der Waals surface area contributed by atoms with Crippen molar-refractivity contribution in [3.63, 3.8) is 0 Å². The van der Waals surface area contributed by atoms with E-state index in [2.05, 4.69) is 33.3 Å². The second kappa shape index (κ2) is 6.08. The summed E-state index contributed by atoms with van der Waals surface area (Å²) in [6, 6.07) is 4.93. The number of anilines is 1. The third-order valence-corrected chi connectivity index (χ3v) is 4.81. The van der Waals surface area contributed by atoms with Crippen LogP contribution in [0.5, 0.6) is 0 Å². The summed E-state index contributed by atoms with van der Waals surface area (Å²) in [6.45, 7) is 4.70. The SMILES string of the molecule is CN1CCCC2CN(Cc3ccnc(NN)c3)CCC21. The van der Waals surface area contributed by atoms with Crippen LogP contribution < -0.4 is 11.3 Å². The van der Waals surface area contributed by atoms with Gasteiger partial charge in [0.15, 0.2) is 0 Å². The van der Waals surface area contributed by atoms with Crippen LogP contribution in [-0.4, -0.2) is 47.5 Å². The first kappa shape index (κ1) is 13.8. The number of hydrogen-bond donors (Lipinski definition) is 2. The second-order valence-corrected chi connectivity index (χ2v) is 6.17. The summed E-state index contributed by atoms with van der Waals surface area (Å²) in [5, 5.41) is 0. The van der Waals surface area contributed by atoms with Crippen LogP contribution in [0.3, 0.4) is 0 Å². The van der Waals surface area contributed by atoms with Gasteiger partial charge < -0.3 is 10.3 Å². The van der Waals surface area contributed by atoms with Gasteiger partial charge in [0, 0.05) is 25.3 Å². The third kappa shape index (κ3) is 2.95. The van der Waals surface area contributed by atoms with Crippen LogP contribution in [0.2, 0.25) is 0 Å². The van der Waals surface area contributed by atoms with Gasteiger partial charge in [0.25, 0.3) is 0 Å². The molecule has 2 fully saturated rings. The molecule has 110 valence electrons. The number of piperidine rings is 2. The number of aromatic nitrogens is 1. The van der Waals surface area contributed by atoms with Crippen LogP contribution in [0, 0.1) is 5.92 Å². The number of nitrogens with two attached hydrogens (primary N) is 1. The molecule has 2 atom stereocenters. The first-order valence-electron chi connectivity index (χ1n) is 7.60. The van der Waals surface area contributed by atoms with Gasteiger partial charge in [-0.2, -0.15) is 0 Å². The van der Waals surface area contributed by atoms with E-state index < -0.39 is 0 Å². The van der Waals surface area contributed by atoms with Gasteiger partial charge in [-0.1, -0.05) is 0 Å². The average molecular weight is 275 g/mol. The Morgan fingerprint density at radius 2 is 2.30 bits per heavy atom. The highest BCUT2D eigenvalue weighted by Crippen LogP contribution is 2.30. The average Bonchev–Trinajstić information content (AvgIpc) is 2.47. The van der Waals surface area contributed by atoms with Gasteiger partial charge in [0.2, 0.25) is 0 Å². The molecule has 5 nitrogen and oxygen atoms in total. The first-order chi connectivity index (χ1) is 9.76. The molecule has 0 aromatic carbocycles. The summed E-state index contributed by atoms with van der Waals surface area (Å²) >= 11 is 0. The van der Waals surface area contributed by atoms with Crippen LogP contribution in [-0.2, 0) is 6.54 Å². The molecule has 1 aromatic heterocycles. The molecular weight excluding hydrogens is 250 g/mol. The van der Waals surface area contributed by atoms with E-state index in [4.69, 9.17) is 5.84 Å². The van der Waals surface area contributed by atoms with Gasteiger partial charge in [-0.3, -0.25) is 4.90 Å². The van der Waals surface area contributed by atoms with Crippen molar-refractivity contribution in [2.24, 2.45) is 11.8 Å². The fourth-order valence-electron chi connectivity index (χ4n) is 3.78. The molecule has 20 heavy (non-hydrogen) atoms. The highest BCUT2D eigenvalue weighted by Gasteiger charge is 2.33. The Balaban J connectivity index is 1.61. The predicted molar refractivity (Wildman–Crippen MR) is 81.1 cm³/mol. The molecule has 2 unspecified atom stereocenters. The molecule has 2 saturated heterocycles. The smallest absolute Gasteiger partial charge is 0.140 e. The van der Waals surface area contributed by atoms with Crippen molar-refractivity contribution < 1.29 is 0 Å². The molecular formula is C15H25N5. The molecule has 0 bridgehead atoms. The first-order valence-corrected chi connectivity index (χ1v) is 7.60. The van der Waals surface area contributed by atoms with Gasteiger partial charge in [0.1, 0.15) is 5.82 Å². The summed E-state index contributed by atoms with van der Waals surface area (Å²) in [5.41, 5.74) is 3.91. The van der Waals surface area contributed by atoms with Crippen LogP contribution in [0.1, 0.15) is 24.8 Å². The van der Waals surface area contributed by atoms with Crippen LogP contribution in [0.4, 0.5) is 5.82 Å². The summed E-state index contributed by atoms with van der Waals surface area (Å²) < 4.78 is 0. The zero-order chi connectivity index (χ0) is 13.9. The number of nitrogen functional groups attached to an aromatic ring is 1. The van der Waals surface area contributed by atoms with Gasteiger partial charge in [-0.05, 0) is 63.0 Å². The molecule has 0 spiro atoms. The summed E-state index contributed by atoms with van der Waals surface area (Å²) in [5.74, 6) is 7.01. The number of hydrazine groups is 1. The molecule has 2 aliphatic heterocycles. The summed E-state index contributed by atoms with van der Waals surface area (Å²) in [7, 11) is 2.29. The van der Waals surface area contributed by atoms with E-state index in [1.807, 2.05) is 12.3 Å². The van der Waals surface area contributed by atoms with Gasteiger partial charge in [0.05, 0.1) is 0 Å². The maximum atomic E-state index is 5.42. The molecule has 3 heterocycles. The topological polar surface area (TPSA) is 57.4 Å². The van der Waals surface area contributed by atoms with Crippen molar-refractivity contribution in [1.82, 2.24) is 14.8 Å². The molecule has 0 radical (unpaired) electrons. The minimum absolute atomic E-state index is 0.745. The van der Waals surface area contributed by atoms with E-state index in [-0.39, 0.29) is 0 Å². The number of nitrogens with one attached hydrogen (secondary N) is 1. The Kier molecular flexibility index (Phi) is 4.19. The zero-order valence-corrected chi connectivity index (χ0v) is 12.3. The van der Waals surface area contributed by atoms with Crippen molar-refractivity contribution >= 4 is 5.82 Å². The molecule has 0 saturated carbocycles. The van der Waals surface area contributed by atoms with E-state index in [9.17, 15) is 0 Å². The lowest BCUT2D eigenvalue weighted by Crippen LogP contribution is -2.52. The fraction of sp³-hybridized carbons (Fsp3) is 0.667. The third-order valence-electron chi connectivity index (χ3n) is 4.81. The monoisotopic (exact) mass is 275 g/mol. The number of likely N-dealkylation sites (tertiary alicyclic amines) is 2. The minimum atomic E-state index is 0.745. The molecule has 2 aliphatic rings. The number of pyridine rings is 1. The van der Waals surface area contributed by atoms with Gasteiger partial charge >= 0.3 is 0 Å². The highest BCUT2D eigenvalue weighted by molar-refractivity contribution is 5.35. The maximum absolute atomic E-state index is 5.42. The normalized spacial score (nSPS) is 28.1. The lowest BCUT2D eigenvalue weighted by Gasteiger charge is -2.46. The zero-order valence-electron chi connectivity index (χ0n) is 12.3. The number of fused-ring (bicyclic) bond motifs is 1. The highest BCUT2D eigenvalue weighted by atomic mass is 15.2. The Hall–Kier alpha value is -1.17. The van der Waals surface area contributed by atoms with E-state index in [0.29, 0.717) is 0 Å². The van der Waals surface area contributed by atoms with Crippen LogP contribution >= 0.6 is 0 Å². The fourth-order valence-corrected chi connectivity index (χ4v) is 3.78. The van der Waals surface area contributed by atoms with Crippen molar-refractivity contribution in [2.45, 2.75) is 31.8 Å². The lowest BCUT2D eigenvalue weighted by molar-refractivity contribution is 0.0355. The second-order valence-electron chi connectivity index (χ2n) is 6.17.